The van der Waals surface area contributed by atoms with Crippen LogP contribution >= 0.6 is 0 Å². The molecule has 1 aliphatic heterocycles. The molecule has 0 bridgehead atoms. The highest BCUT2D eigenvalue weighted by atomic mass is 16.5. The van der Waals surface area contributed by atoms with Gasteiger partial charge < -0.3 is 9.64 Å². The highest BCUT2D eigenvalue weighted by molar-refractivity contribution is 5.92. The lowest BCUT2D eigenvalue weighted by Gasteiger charge is -2.27. The number of hydrogen-bond donors (Lipinski definition) is 1. The second-order valence-corrected chi connectivity index (χ2v) is 4.98. The molecule has 106 valence electrons. The van der Waals surface area contributed by atoms with Crippen LogP contribution in [0.2, 0.25) is 0 Å². The van der Waals surface area contributed by atoms with Crippen LogP contribution in [0.1, 0.15) is 0 Å². The Labute approximate surface area is 121 Å². The maximum absolute atomic E-state index is 5.38. The van der Waals surface area contributed by atoms with E-state index in [1.165, 1.54) is 0 Å². The van der Waals surface area contributed by atoms with Gasteiger partial charge in [0.05, 0.1) is 24.4 Å². The van der Waals surface area contributed by atoms with Gasteiger partial charge in [-0.2, -0.15) is 5.10 Å². The van der Waals surface area contributed by atoms with Gasteiger partial charge in [0.25, 0.3) is 0 Å². The molecule has 2 aromatic heterocycles. The summed E-state index contributed by atoms with van der Waals surface area (Å²) in [6, 6.07) is 10.0. The van der Waals surface area contributed by atoms with Gasteiger partial charge >= 0.3 is 0 Å². The van der Waals surface area contributed by atoms with Crippen LogP contribution in [0.5, 0.6) is 0 Å². The first kappa shape index (κ1) is 12.3. The van der Waals surface area contributed by atoms with Gasteiger partial charge in [0.2, 0.25) is 0 Å². The van der Waals surface area contributed by atoms with Crippen LogP contribution in [0.25, 0.3) is 22.3 Å². The molecule has 0 atom stereocenters. The van der Waals surface area contributed by atoms with Crippen molar-refractivity contribution in [2.75, 3.05) is 31.2 Å². The number of para-hydroxylation sites is 1. The van der Waals surface area contributed by atoms with Crippen LogP contribution in [0.3, 0.4) is 0 Å². The number of hydrogen-bond acceptors (Lipinski definition) is 5. The monoisotopic (exact) mass is 281 g/mol. The summed E-state index contributed by atoms with van der Waals surface area (Å²) >= 11 is 0. The number of benzene rings is 1. The number of morpholine rings is 1. The van der Waals surface area contributed by atoms with Gasteiger partial charge in [0.1, 0.15) is 17.8 Å². The molecule has 0 spiro atoms. The van der Waals surface area contributed by atoms with Crippen molar-refractivity contribution in [2.24, 2.45) is 0 Å². The Hall–Kier alpha value is -2.47. The summed E-state index contributed by atoms with van der Waals surface area (Å²) in [5.74, 6) is 0.926. The summed E-state index contributed by atoms with van der Waals surface area (Å²) in [6.45, 7) is 3.20. The minimum absolute atomic E-state index is 0.741. The van der Waals surface area contributed by atoms with Gasteiger partial charge in [0, 0.05) is 24.5 Å². The molecule has 3 aromatic rings. The Balaban J connectivity index is 1.75. The summed E-state index contributed by atoms with van der Waals surface area (Å²) in [5, 5.41) is 8.51. The van der Waals surface area contributed by atoms with Crippen molar-refractivity contribution in [1.29, 1.82) is 0 Å². The molecule has 3 heterocycles. The Bertz CT molecular complexity index is 763. The Morgan fingerprint density at radius 2 is 1.95 bits per heavy atom. The molecule has 0 radical (unpaired) electrons. The molecule has 0 unspecified atom stereocenters. The van der Waals surface area contributed by atoms with Crippen LogP contribution in [-0.4, -0.2) is 46.5 Å². The fourth-order valence-corrected chi connectivity index (χ4v) is 2.60. The lowest BCUT2D eigenvalue weighted by molar-refractivity contribution is 0.122. The highest BCUT2D eigenvalue weighted by Gasteiger charge is 2.15. The van der Waals surface area contributed by atoms with Crippen LogP contribution in [0.4, 0.5) is 5.82 Å². The minimum atomic E-state index is 0.741. The number of fused-ring (bicyclic) bond motifs is 1. The zero-order chi connectivity index (χ0) is 14.1. The van der Waals surface area contributed by atoms with Gasteiger partial charge in [-0.15, -0.1) is 0 Å². The fraction of sp³-hybridized carbons (Fsp3) is 0.267. The Morgan fingerprint density at radius 3 is 2.86 bits per heavy atom. The molecular formula is C15H15N5O. The SMILES string of the molecule is c1ccc2c(-c3cc(N4CCOCC4)ncn3)n[nH]c2c1. The van der Waals surface area contributed by atoms with Gasteiger partial charge in [0.15, 0.2) is 0 Å². The predicted molar refractivity (Wildman–Crippen MR) is 80.2 cm³/mol. The first-order valence-electron chi connectivity index (χ1n) is 7.00. The first-order chi connectivity index (χ1) is 10.4. The third-order valence-electron chi connectivity index (χ3n) is 3.70. The van der Waals surface area contributed by atoms with E-state index in [1.807, 2.05) is 30.3 Å². The van der Waals surface area contributed by atoms with E-state index in [9.17, 15) is 0 Å². The van der Waals surface area contributed by atoms with Crippen molar-refractivity contribution >= 4 is 16.7 Å². The van der Waals surface area contributed by atoms with E-state index in [0.29, 0.717) is 0 Å². The zero-order valence-corrected chi connectivity index (χ0v) is 11.5. The molecule has 6 heteroatoms. The van der Waals surface area contributed by atoms with E-state index in [1.54, 1.807) is 6.33 Å². The molecule has 0 aliphatic carbocycles. The fourth-order valence-electron chi connectivity index (χ4n) is 2.60. The number of H-pyrrole nitrogens is 1. The van der Waals surface area contributed by atoms with Crippen molar-refractivity contribution in [2.45, 2.75) is 0 Å². The summed E-state index contributed by atoms with van der Waals surface area (Å²) in [5.41, 5.74) is 2.71. The molecule has 1 N–H and O–H groups in total. The van der Waals surface area contributed by atoms with Gasteiger partial charge in [-0.3, -0.25) is 5.10 Å². The lowest BCUT2D eigenvalue weighted by atomic mass is 10.1. The maximum atomic E-state index is 5.38. The van der Waals surface area contributed by atoms with Crippen molar-refractivity contribution in [1.82, 2.24) is 20.2 Å². The average Bonchev–Trinajstić information content (AvgIpc) is 3.00. The number of nitrogens with one attached hydrogen (secondary N) is 1. The number of ether oxygens (including phenoxy) is 1. The molecule has 1 saturated heterocycles. The normalized spacial score (nSPS) is 15.5. The molecule has 1 aliphatic rings. The number of aromatic amines is 1. The standard InChI is InChI=1S/C15H15N5O/c1-2-4-12-11(3-1)15(19-18-12)13-9-14(17-10-16-13)20-5-7-21-8-6-20/h1-4,9-10H,5-8H2,(H,18,19). The molecule has 21 heavy (non-hydrogen) atoms. The lowest BCUT2D eigenvalue weighted by Crippen LogP contribution is -2.36. The predicted octanol–water partition coefficient (Wildman–Crippen LogP) is 1.86. The van der Waals surface area contributed by atoms with Gasteiger partial charge in [-0.1, -0.05) is 18.2 Å². The van der Waals surface area contributed by atoms with Crippen molar-refractivity contribution in [3.8, 4) is 11.4 Å². The molecule has 6 nitrogen and oxygen atoms in total. The smallest absolute Gasteiger partial charge is 0.132 e. The highest BCUT2D eigenvalue weighted by Crippen LogP contribution is 2.26. The van der Waals surface area contributed by atoms with Crippen molar-refractivity contribution in [3.05, 3.63) is 36.7 Å². The van der Waals surface area contributed by atoms with E-state index in [2.05, 4.69) is 25.1 Å². The van der Waals surface area contributed by atoms with Crippen LogP contribution in [-0.2, 0) is 4.74 Å². The Kier molecular flexibility index (Phi) is 3.01. The van der Waals surface area contributed by atoms with E-state index in [0.717, 1.165) is 54.4 Å². The molecule has 0 amide bonds. The topological polar surface area (TPSA) is 66.9 Å². The molecule has 0 saturated carbocycles. The molecule has 1 aromatic carbocycles. The van der Waals surface area contributed by atoms with E-state index in [4.69, 9.17) is 4.74 Å². The first-order valence-corrected chi connectivity index (χ1v) is 7.00. The second-order valence-electron chi connectivity index (χ2n) is 4.98. The minimum Gasteiger partial charge on any atom is -0.378 e. The molecule has 4 rings (SSSR count). The molecule has 1 fully saturated rings. The van der Waals surface area contributed by atoms with Crippen molar-refractivity contribution in [3.63, 3.8) is 0 Å². The quantitative estimate of drug-likeness (QED) is 0.776. The summed E-state index contributed by atoms with van der Waals surface area (Å²) < 4.78 is 5.38. The van der Waals surface area contributed by atoms with E-state index in [-0.39, 0.29) is 0 Å². The van der Waals surface area contributed by atoms with Crippen LogP contribution in [0, 0.1) is 0 Å². The number of rotatable bonds is 2. The summed E-state index contributed by atoms with van der Waals surface area (Å²) in [7, 11) is 0. The second kappa shape index (κ2) is 5.14. The van der Waals surface area contributed by atoms with Crippen LogP contribution < -0.4 is 4.90 Å². The Morgan fingerprint density at radius 1 is 1.10 bits per heavy atom. The largest absolute Gasteiger partial charge is 0.378 e. The number of anilines is 1. The maximum Gasteiger partial charge on any atom is 0.132 e. The zero-order valence-electron chi connectivity index (χ0n) is 11.5. The van der Waals surface area contributed by atoms with Crippen molar-refractivity contribution < 1.29 is 4.74 Å². The number of aromatic nitrogens is 4. The summed E-state index contributed by atoms with van der Waals surface area (Å²) in [6.07, 6.45) is 1.60. The average molecular weight is 281 g/mol. The van der Waals surface area contributed by atoms with Gasteiger partial charge in [-0.25, -0.2) is 9.97 Å². The molecular weight excluding hydrogens is 266 g/mol. The van der Waals surface area contributed by atoms with E-state index >= 15 is 0 Å². The van der Waals surface area contributed by atoms with Gasteiger partial charge in [-0.05, 0) is 6.07 Å². The summed E-state index contributed by atoms with van der Waals surface area (Å²) in [4.78, 5) is 11.0. The number of nitrogens with zero attached hydrogens (tertiary/aromatic N) is 4. The van der Waals surface area contributed by atoms with Crippen LogP contribution in [0.15, 0.2) is 36.7 Å². The third kappa shape index (κ3) is 2.23. The third-order valence-corrected chi connectivity index (χ3v) is 3.70. The van der Waals surface area contributed by atoms with E-state index < -0.39 is 0 Å².